The second-order valence-electron chi connectivity index (χ2n) is 1.73. The zero-order chi connectivity index (χ0) is 7.94. The van der Waals surface area contributed by atoms with E-state index in [9.17, 15) is 4.79 Å². The van der Waals surface area contributed by atoms with E-state index in [-0.39, 0.29) is 0 Å². The number of amides is 1. The maximum absolute atomic E-state index is 9.62. The van der Waals surface area contributed by atoms with Gasteiger partial charge in [0.2, 0.25) is 0 Å². The molecule has 0 saturated carbocycles. The van der Waals surface area contributed by atoms with Crippen molar-refractivity contribution < 1.29 is 4.79 Å². The lowest BCUT2D eigenvalue weighted by molar-refractivity contribution is 0.545. The Labute approximate surface area is 64.0 Å². The molecule has 0 saturated heterocycles. The first-order valence-electron chi connectivity index (χ1n) is 3.00. The zero-order valence-electron chi connectivity index (χ0n) is 5.69. The van der Waals surface area contributed by atoms with E-state index < -0.39 is 0 Å². The molecule has 0 atom stereocenters. The van der Waals surface area contributed by atoms with E-state index in [0.717, 1.165) is 0 Å². The lowest BCUT2D eigenvalue weighted by Gasteiger charge is -1.87. The highest BCUT2D eigenvalue weighted by atomic mass is 16.1. The normalized spacial score (nSPS) is 9.82. The third-order valence-corrected chi connectivity index (χ3v) is 0.995. The number of hydrogen-bond donors (Lipinski definition) is 1. The molecule has 1 N–H and O–H groups in total. The molecule has 0 spiro atoms. The van der Waals surface area contributed by atoms with E-state index in [4.69, 9.17) is 0 Å². The summed E-state index contributed by atoms with van der Waals surface area (Å²) in [4.78, 5) is 13.6. The predicted molar refractivity (Wildman–Crippen MR) is 40.7 cm³/mol. The first-order chi connectivity index (χ1) is 5.43. The van der Waals surface area contributed by atoms with Crippen LogP contribution in [-0.4, -0.2) is 17.6 Å². The lowest BCUT2D eigenvalue weighted by atomic mass is 10.4. The van der Waals surface area contributed by atoms with Crippen molar-refractivity contribution in [1.82, 2.24) is 10.4 Å². The molecule has 1 rings (SSSR count). The van der Waals surface area contributed by atoms with Crippen LogP contribution in [0, 0.1) is 0 Å². The van der Waals surface area contributed by atoms with Crippen molar-refractivity contribution in [2.45, 2.75) is 0 Å². The number of aromatic nitrogens is 1. The molecule has 0 bridgehead atoms. The molecule has 1 aromatic rings. The molecule has 0 aromatic carbocycles. The molecule has 0 aliphatic rings. The van der Waals surface area contributed by atoms with E-state index in [1.54, 1.807) is 18.3 Å². The molecule has 4 heteroatoms. The van der Waals surface area contributed by atoms with Crippen LogP contribution in [0.4, 0.5) is 0 Å². The number of pyridine rings is 1. The van der Waals surface area contributed by atoms with Crippen molar-refractivity contribution >= 4 is 12.6 Å². The van der Waals surface area contributed by atoms with Gasteiger partial charge in [-0.25, -0.2) is 5.43 Å². The number of nitrogens with one attached hydrogen (secondary N) is 1. The van der Waals surface area contributed by atoms with Crippen LogP contribution in [0.3, 0.4) is 0 Å². The minimum absolute atomic E-state index is 0.690. The number of hydrogen-bond acceptors (Lipinski definition) is 3. The van der Waals surface area contributed by atoms with Crippen LogP contribution in [0.1, 0.15) is 5.69 Å². The maximum Gasteiger partial charge on any atom is 0.331 e. The first kappa shape index (κ1) is 7.40. The average Bonchev–Trinajstić information content (AvgIpc) is 2.07. The summed E-state index contributed by atoms with van der Waals surface area (Å²) in [5.41, 5.74) is 2.71. The van der Waals surface area contributed by atoms with Crippen LogP contribution in [0.15, 0.2) is 29.5 Å². The van der Waals surface area contributed by atoms with Gasteiger partial charge in [0, 0.05) is 6.20 Å². The van der Waals surface area contributed by atoms with Gasteiger partial charge in [-0.05, 0) is 12.1 Å². The molecular formula is C7H6N3O. The largest absolute Gasteiger partial charge is 0.331 e. The van der Waals surface area contributed by atoms with Crippen molar-refractivity contribution in [3.05, 3.63) is 30.1 Å². The number of hydrazone groups is 1. The van der Waals surface area contributed by atoms with Gasteiger partial charge >= 0.3 is 6.41 Å². The van der Waals surface area contributed by atoms with Crippen LogP contribution in [0.2, 0.25) is 0 Å². The Morgan fingerprint density at radius 2 is 2.55 bits per heavy atom. The minimum Gasteiger partial charge on any atom is -0.262 e. The Kier molecular flexibility index (Phi) is 2.80. The highest BCUT2D eigenvalue weighted by Gasteiger charge is 1.82. The Hall–Kier alpha value is -1.71. The molecule has 11 heavy (non-hydrogen) atoms. The highest BCUT2D eigenvalue weighted by molar-refractivity contribution is 5.77. The molecule has 1 amide bonds. The predicted octanol–water partition coefficient (Wildman–Crippen LogP) is 0.0723. The fourth-order valence-corrected chi connectivity index (χ4v) is 0.577. The minimum atomic E-state index is 0.690. The van der Waals surface area contributed by atoms with Crippen molar-refractivity contribution in [3.8, 4) is 0 Å². The fraction of sp³-hybridized carbons (Fsp3) is 0. The summed E-state index contributed by atoms with van der Waals surface area (Å²) in [6, 6.07) is 5.41. The van der Waals surface area contributed by atoms with Gasteiger partial charge in [-0.3, -0.25) is 9.78 Å². The third kappa shape index (κ3) is 2.57. The van der Waals surface area contributed by atoms with Crippen LogP contribution >= 0.6 is 0 Å². The van der Waals surface area contributed by atoms with Gasteiger partial charge in [-0.2, -0.15) is 5.10 Å². The summed E-state index contributed by atoms with van der Waals surface area (Å²) in [7, 11) is 0. The topological polar surface area (TPSA) is 54.4 Å². The van der Waals surface area contributed by atoms with Gasteiger partial charge in [0.1, 0.15) is 0 Å². The summed E-state index contributed by atoms with van der Waals surface area (Å²) in [6.45, 7) is 0. The average molecular weight is 148 g/mol. The van der Waals surface area contributed by atoms with Crippen LogP contribution < -0.4 is 5.43 Å². The summed E-state index contributed by atoms with van der Waals surface area (Å²) in [5.74, 6) is 0. The van der Waals surface area contributed by atoms with Crippen molar-refractivity contribution in [2.75, 3.05) is 0 Å². The second kappa shape index (κ2) is 4.16. The van der Waals surface area contributed by atoms with Crippen LogP contribution in [0.25, 0.3) is 0 Å². The van der Waals surface area contributed by atoms with Crippen molar-refractivity contribution in [1.29, 1.82) is 0 Å². The number of carbonyl (C=O) groups excluding carboxylic acids is 1. The summed E-state index contributed by atoms with van der Waals surface area (Å²) >= 11 is 0. The standard InChI is InChI=1S/C7H6N3O/c11-6-10-9-5-7-3-1-2-4-8-7/h1-5H,(H,10,11)/b9-5+. The van der Waals surface area contributed by atoms with Crippen LogP contribution in [-0.2, 0) is 4.79 Å². The smallest absolute Gasteiger partial charge is 0.262 e. The summed E-state index contributed by atoms with van der Waals surface area (Å²) < 4.78 is 0. The Morgan fingerprint density at radius 3 is 3.18 bits per heavy atom. The van der Waals surface area contributed by atoms with Gasteiger partial charge in [-0.1, -0.05) is 6.07 Å². The lowest BCUT2D eigenvalue weighted by Crippen LogP contribution is -2.00. The summed E-state index contributed by atoms with van der Waals surface area (Å²) in [5, 5.41) is 3.50. The molecule has 4 nitrogen and oxygen atoms in total. The van der Waals surface area contributed by atoms with E-state index in [0.29, 0.717) is 5.69 Å². The van der Waals surface area contributed by atoms with E-state index >= 15 is 0 Å². The molecule has 1 heterocycles. The van der Waals surface area contributed by atoms with Gasteiger partial charge < -0.3 is 0 Å². The van der Waals surface area contributed by atoms with Crippen molar-refractivity contribution in [3.63, 3.8) is 0 Å². The Balaban J connectivity index is 2.57. The zero-order valence-corrected chi connectivity index (χ0v) is 5.69. The van der Waals surface area contributed by atoms with E-state index in [1.165, 1.54) is 12.6 Å². The number of rotatable bonds is 3. The van der Waals surface area contributed by atoms with Gasteiger partial charge in [0.15, 0.2) is 0 Å². The molecule has 55 valence electrons. The monoisotopic (exact) mass is 148 g/mol. The first-order valence-corrected chi connectivity index (χ1v) is 3.00. The fourth-order valence-electron chi connectivity index (χ4n) is 0.577. The maximum atomic E-state index is 9.62. The SMILES string of the molecule is O=[C]N/N=C/c1ccccn1. The van der Waals surface area contributed by atoms with Crippen molar-refractivity contribution in [2.24, 2.45) is 5.10 Å². The summed E-state index contributed by atoms with van der Waals surface area (Å²) in [6.07, 6.45) is 4.49. The molecule has 0 fully saturated rings. The Morgan fingerprint density at radius 1 is 1.64 bits per heavy atom. The van der Waals surface area contributed by atoms with Gasteiger partial charge in [-0.15, -0.1) is 0 Å². The quantitative estimate of drug-likeness (QED) is 0.374. The third-order valence-electron chi connectivity index (χ3n) is 0.995. The highest BCUT2D eigenvalue weighted by Crippen LogP contribution is 1.86. The molecule has 0 unspecified atom stereocenters. The molecule has 1 aromatic heterocycles. The van der Waals surface area contributed by atoms with E-state index in [1.807, 2.05) is 11.5 Å². The molecule has 0 aliphatic carbocycles. The molecule has 1 radical (unpaired) electrons. The molecule has 0 aliphatic heterocycles. The van der Waals surface area contributed by atoms with E-state index in [2.05, 4.69) is 10.1 Å². The molecular weight excluding hydrogens is 142 g/mol. The number of nitrogens with zero attached hydrogens (tertiary/aromatic N) is 2. The Bertz CT molecular complexity index is 245. The van der Waals surface area contributed by atoms with Crippen LogP contribution in [0.5, 0.6) is 0 Å². The second-order valence-corrected chi connectivity index (χ2v) is 1.73. The van der Waals surface area contributed by atoms with Gasteiger partial charge in [0.25, 0.3) is 0 Å². The van der Waals surface area contributed by atoms with Gasteiger partial charge in [0.05, 0.1) is 11.9 Å².